The third-order valence-corrected chi connectivity index (χ3v) is 7.21. The molecule has 0 N–H and O–H groups in total. The van der Waals surface area contributed by atoms with Crippen molar-refractivity contribution in [1.29, 1.82) is 0 Å². The van der Waals surface area contributed by atoms with Crippen LogP contribution < -0.4 is 5.56 Å². The van der Waals surface area contributed by atoms with Gasteiger partial charge in [0.15, 0.2) is 5.16 Å². The van der Waals surface area contributed by atoms with E-state index in [1.165, 1.54) is 6.42 Å². The second kappa shape index (κ2) is 8.57. The van der Waals surface area contributed by atoms with Gasteiger partial charge < -0.3 is 4.90 Å². The Kier molecular flexibility index (Phi) is 6.40. The van der Waals surface area contributed by atoms with Crippen LogP contribution in [0.5, 0.6) is 0 Å². The van der Waals surface area contributed by atoms with Crippen molar-refractivity contribution in [2.24, 2.45) is 0 Å². The first-order valence-electron chi connectivity index (χ1n) is 9.44. The van der Waals surface area contributed by atoms with Gasteiger partial charge in [0.05, 0.1) is 5.39 Å². The Morgan fingerprint density at radius 2 is 1.96 bits per heavy atom. The third kappa shape index (κ3) is 3.98. The highest BCUT2D eigenvalue weighted by molar-refractivity contribution is 7.99. The molecule has 3 heterocycles. The maximum atomic E-state index is 12.8. The van der Waals surface area contributed by atoms with E-state index in [0.29, 0.717) is 13.0 Å². The predicted octanol–water partition coefficient (Wildman–Crippen LogP) is 3.98. The van der Waals surface area contributed by atoms with Crippen LogP contribution in [0, 0.1) is 13.8 Å². The molecule has 1 aliphatic heterocycles. The summed E-state index contributed by atoms with van der Waals surface area (Å²) in [5.41, 5.74) is 1.11. The summed E-state index contributed by atoms with van der Waals surface area (Å²) in [6, 6.07) is 0. The molecule has 1 amide bonds. The lowest BCUT2D eigenvalue weighted by molar-refractivity contribution is -0.132. The molecule has 0 unspecified atom stereocenters. The van der Waals surface area contributed by atoms with Crippen LogP contribution in [-0.2, 0) is 11.3 Å². The molecule has 26 heavy (non-hydrogen) atoms. The smallest absolute Gasteiger partial charge is 0.263 e. The van der Waals surface area contributed by atoms with Crippen LogP contribution in [0.2, 0.25) is 0 Å². The summed E-state index contributed by atoms with van der Waals surface area (Å²) in [6.07, 6.45) is 4.91. The summed E-state index contributed by atoms with van der Waals surface area (Å²) >= 11 is 3.18. The number of piperidine rings is 1. The summed E-state index contributed by atoms with van der Waals surface area (Å²) in [7, 11) is 0. The zero-order valence-electron chi connectivity index (χ0n) is 15.8. The molecule has 2 aromatic heterocycles. The van der Waals surface area contributed by atoms with Gasteiger partial charge in [-0.25, -0.2) is 4.98 Å². The molecule has 0 aromatic carbocycles. The van der Waals surface area contributed by atoms with Crippen molar-refractivity contribution in [2.75, 3.05) is 18.8 Å². The van der Waals surface area contributed by atoms with E-state index >= 15 is 0 Å². The van der Waals surface area contributed by atoms with E-state index in [-0.39, 0.29) is 11.5 Å². The van der Waals surface area contributed by atoms with Crippen molar-refractivity contribution in [1.82, 2.24) is 14.5 Å². The molecule has 0 bridgehead atoms. The lowest BCUT2D eigenvalue weighted by atomic mass is 10.1. The Morgan fingerprint density at radius 3 is 2.65 bits per heavy atom. The topological polar surface area (TPSA) is 55.2 Å². The average molecular weight is 394 g/mol. The minimum absolute atomic E-state index is 0.0613. The molecule has 7 heteroatoms. The van der Waals surface area contributed by atoms with Crippen molar-refractivity contribution in [3.63, 3.8) is 0 Å². The monoisotopic (exact) mass is 393 g/mol. The number of likely N-dealkylation sites (tertiary alicyclic amines) is 1. The second-order valence-corrected chi connectivity index (χ2v) is 9.07. The van der Waals surface area contributed by atoms with E-state index in [1.807, 2.05) is 25.7 Å². The Morgan fingerprint density at radius 1 is 1.23 bits per heavy atom. The molecule has 0 saturated carbocycles. The van der Waals surface area contributed by atoms with E-state index in [0.717, 1.165) is 63.9 Å². The number of aromatic nitrogens is 2. The van der Waals surface area contributed by atoms with E-state index in [1.54, 1.807) is 27.7 Å². The highest BCUT2D eigenvalue weighted by atomic mass is 32.2. The first-order valence-corrected chi connectivity index (χ1v) is 11.2. The first kappa shape index (κ1) is 19.4. The Bertz CT molecular complexity index is 851. The lowest BCUT2D eigenvalue weighted by Gasteiger charge is -2.26. The number of amides is 1. The number of carbonyl (C=O) groups excluding carboxylic acids is 1. The summed E-state index contributed by atoms with van der Waals surface area (Å²) in [5, 5.41) is 1.54. The fourth-order valence-electron chi connectivity index (χ4n) is 3.39. The van der Waals surface area contributed by atoms with Gasteiger partial charge in [-0.3, -0.25) is 14.2 Å². The number of thioether (sulfide) groups is 1. The zero-order valence-corrected chi connectivity index (χ0v) is 17.5. The van der Waals surface area contributed by atoms with Crippen LogP contribution in [-0.4, -0.2) is 39.2 Å². The fourth-order valence-corrected chi connectivity index (χ4v) is 5.46. The Balaban J connectivity index is 1.65. The molecular formula is C19H27N3O2S2. The molecule has 0 atom stereocenters. The van der Waals surface area contributed by atoms with Gasteiger partial charge in [0.2, 0.25) is 5.91 Å². The molecule has 0 spiro atoms. The number of hydrogen-bond donors (Lipinski definition) is 0. The molecule has 3 rings (SSSR count). The number of carbonyl (C=O) groups is 1. The van der Waals surface area contributed by atoms with Gasteiger partial charge in [-0.1, -0.05) is 11.8 Å². The third-order valence-electron chi connectivity index (χ3n) is 5.04. The highest BCUT2D eigenvalue weighted by Gasteiger charge is 2.17. The maximum Gasteiger partial charge on any atom is 0.263 e. The van der Waals surface area contributed by atoms with E-state index in [2.05, 4.69) is 0 Å². The molecule has 1 fully saturated rings. The SMILES string of the molecule is CCn1c(SCCCC(=O)N2CCCCC2)nc2sc(C)c(C)c2c1=O. The Labute approximate surface area is 162 Å². The van der Waals surface area contributed by atoms with Gasteiger partial charge in [0.1, 0.15) is 4.83 Å². The predicted molar refractivity (Wildman–Crippen MR) is 109 cm³/mol. The molecule has 0 radical (unpaired) electrons. The number of fused-ring (bicyclic) bond motifs is 1. The lowest BCUT2D eigenvalue weighted by Crippen LogP contribution is -2.35. The molecule has 142 valence electrons. The van der Waals surface area contributed by atoms with E-state index < -0.39 is 0 Å². The minimum Gasteiger partial charge on any atom is -0.343 e. The van der Waals surface area contributed by atoms with E-state index in [4.69, 9.17) is 4.98 Å². The summed E-state index contributed by atoms with van der Waals surface area (Å²) in [6.45, 7) is 8.46. The van der Waals surface area contributed by atoms with Crippen molar-refractivity contribution in [3.8, 4) is 0 Å². The molecule has 1 aliphatic rings. The number of aryl methyl sites for hydroxylation is 2. The standard InChI is InChI=1S/C19H27N3O2S2/c1-4-22-18(24)16-13(2)14(3)26-17(16)20-19(22)25-12-8-9-15(23)21-10-6-5-7-11-21/h4-12H2,1-3H3. The van der Waals surface area contributed by atoms with E-state index in [9.17, 15) is 9.59 Å². The number of nitrogens with zero attached hydrogens (tertiary/aromatic N) is 3. The van der Waals surface area contributed by atoms with Crippen LogP contribution in [0.25, 0.3) is 10.2 Å². The van der Waals surface area contributed by atoms with Crippen LogP contribution in [0.4, 0.5) is 0 Å². The summed E-state index contributed by atoms with van der Waals surface area (Å²) in [4.78, 5) is 33.8. The maximum absolute atomic E-state index is 12.8. The largest absolute Gasteiger partial charge is 0.343 e. The van der Waals surface area contributed by atoms with Crippen LogP contribution >= 0.6 is 23.1 Å². The van der Waals surface area contributed by atoms with Crippen LogP contribution in [0.15, 0.2) is 9.95 Å². The van der Waals surface area contributed by atoms with Crippen molar-refractivity contribution >= 4 is 39.2 Å². The summed E-state index contributed by atoms with van der Waals surface area (Å²) < 4.78 is 1.76. The highest BCUT2D eigenvalue weighted by Crippen LogP contribution is 2.28. The number of hydrogen-bond acceptors (Lipinski definition) is 5. The van der Waals surface area contributed by atoms with Gasteiger partial charge in [0, 0.05) is 36.7 Å². The molecular weight excluding hydrogens is 366 g/mol. The molecule has 0 aliphatic carbocycles. The number of thiophene rings is 1. The number of rotatable bonds is 6. The quantitative estimate of drug-likeness (QED) is 0.423. The first-order chi connectivity index (χ1) is 12.5. The van der Waals surface area contributed by atoms with Gasteiger partial charge in [-0.05, 0) is 52.0 Å². The van der Waals surface area contributed by atoms with Gasteiger partial charge >= 0.3 is 0 Å². The van der Waals surface area contributed by atoms with Crippen molar-refractivity contribution in [3.05, 3.63) is 20.8 Å². The molecule has 5 nitrogen and oxygen atoms in total. The van der Waals surface area contributed by atoms with Crippen molar-refractivity contribution in [2.45, 2.75) is 64.6 Å². The minimum atomic E-state index is 0.0613. The average Bonchev–Trinajstić information content (AvgIpc) is 2.93. The fraction of sp³-hybridized carbons (Fsp3) is 0.632. The Hall–Kier alpha value is -1.34. The molecule has 2 aromatic rings. The van der Waals surface area contributed by atoms with Gasteiger partial charge in [-0.15, -0.1) is 11.3 Å². The normalized spacial score (nSPS) is 15.0. The van der Waals surface area contributed by atoms with Gasteiger partial charge in [-0.2, -0.15) is 0 Å². The van der Waals surface area contributed by atoms with Crippen LogP contribution in [0.3, 0.4) is 0 Å². The van der Waals surface area contributed by atoms with Gasteiger partial charge in [0.25, 0.3) is 5.56 Å². The van der Waals surface area contributed by atoms with Crippen LogP contribution in [0.1, 0.15) is 49.5 Å². The van der Waals surface area contributed by atoms with Crippen molar-refractivity contribution < 1.29 is 4.79 Å². The second-order valence-electron chi connectivity index (χ2n) is 6.80. The summed E-state index contributed by atoms with van der Waals surface area (Å²) in [5.74, 6) is 1.08. The zero-order chi connectivity index (χ0) is 18.7. The molecule has 1 saturated heterocycles.